The Morgan fingerprint density at radius 2 is 2.09 bits per heavy atom. The molecule has 0 radical (unpaired) electrons. The zero-order chi connectivity index (χ0) is 16.6. The molecule has 0 fully saturated rings. The fourth-order valence-electron chi connectivity index (χ4n) is 2.49. The van der Waals surface area contributed by atoms with Crippen molar-refractivity contribution < 1.29 is 4.39 Å². The third-order valence-corrected chi connectivity index (χ3v) is 3.53. The van der Waals surface area contributed by atoms with Crippen LogP contribution in [0.25, 0.3) is 16.7 Å². The van der Waals surface area contributed by atoms with E-state index in [0.29, 0.717) is 17.2 Å². The third kappa shape index (κ3) is 2.73. The molecule has 1 atom stereocenters. The van der Waals surface area contributed by atoms with Crippen molar-refractivity contribution in [3.63, 3.8) is 0 Å². The Kier molecular flexibility index (Phi) is 3.93. The summed E-state index contributed by atoms with van der Waals surface area (Å²) in [5.74, 6) is 0.455. The van der Waals surface area contributed by atoms with Crippen LogP contribution in [0.3, 0.4) is 0 Å². The highest BCUT2D eigenvalue weighted by Crippen LogP contribution is 2.17. The van der Waals surface area contributed by atoms with Crippen LogP contribution in [0, 0.1) is 5.82 Å². The molecule has 0 aliphatic rings. The molecule has 0 unspecified atom stereocenters. The summed E-state index contributed by atoms with van der Waals surface area (Å²) in [4.78, 5) is 17.4. The number of hydrazine groups is 1. The Balaban J connectivity index is 2.35. The van der Waals surface area contributed by atoms with Gasteiger partial charge >= 0.3 is 0 Å². The molecule has 120 valence electrons. The van der Waals surface area contributed by atoms with Crippen LogP contribution < -0.4 is 16.4 Å². The van der Waals surface area contributed by atoms with E-state index in [2.05, 4.69) is 20.9 Å². The van der Waals surface area contributed by atoms with Gasteiger partial charge in [-0.2, -0.15) is 5.10 Å². The molecule has 0 amide bonds. The number of rotatable bonds is 4. The SMILES string of the molecule is CNN[C@@H](C)c1nc2ccc(F)cc2c(=O)n1-c1ccn(C)n1. The van der Waals surface area contributed by atoms with Crippen molar-refractivity contribution in [2.45, 2.75) is 13.0 Å². The molecule has 2 N–H and O–H groups in total. The third-order valence-electron chi connectivity index (χ3n) is 3.53. The maximum absolute atomic E-state index is 13.5. The summed E-state index contributed by atoms with van der Waals surface area (Å²) in [7, 11) is 3.49. The van der Waals surface area contributed by atoms with Crippen LogP contribution in [0.4, 0.5) is 4.39 Å². The topological polar surface area (TPSA) is 76.8 Å². The van der Waals surface area contributed by atoms with Crippen molar-refractivity contribution >= 4 is 10.9 Å². The maximum atomic E-state index is 13.5. The summed E-state index contributed by atoms with van der Waals surface area (Å²) in [6, 6.07) is 5.45. The average molecular weight is 316 g/mol. The van der Waals surface area contributed by atoms with E-state index in [4.69, 9.17) is 0 Å². The van der Waals surface area contributed by atoms with Crippen molar-refractivity contribution in [2.24, 2.45) is 7.05 Å². The van der Waals surface area contributed by atoms with Crippen LogP contribution in [0.5, 0.6) is 0 Å². The summed E-state index contributed by atoms with van der Waals surface area (Å²) >= 11 is 0. The lowest BCUT2D eigenvalue weighted by Gasteiger charge is -2.17. The van der Waals surface area contributed by atoms with Gasteiger partial charge in [0.2, 0.25) is 0 Å². The Bertz CT molecular complexity index is 916. The van der Waals surface area contributed by atoms with Crippen LogP contribution in [0.1, 0.15) is 18.8 Å². The average Bonchev–Trinajstić information content (AvgIpc) is 2.94. The van der Waals surface area contributed by atoms with Gasteiger partial charge in [-0.05, 0) is 32.2 Å². The highest BCUT2D eigenvalue weighted by atomic mass is 19.1. The lowest BCUT2D eigenvalue weighted by molar-refractivity contribution is 0.475. The number of aromatic nitrogens is 4. The first-order chi connectivity index (χ1) is 11.0. The van der Waals surface area contributed by atoms with Crippen molar-refractivity contribution in [1.29, 1.82) is 0 Å². The Labute approximate surface area is 131 Å². The maximum Gasteiger partial charge on any atom is 0.267 e. The van der Waals surface area contributed by atoms with Crippen LogP contribution in [-0.2, 0) is 7.05 Å². The minimum absolute atomic E-state index is 0.219. The van der Waals surface area contributed by atoms with Gasteiger partial charge in [0.15, 0.2) is 5.82 Å². The van der Waals surface area contributed by atoms with Crippen molar-refractivity contribution in [2.75, 3.05) is 7.05 Å². The van der Waals surface area contributed by atoms with Gasteiger partial charge in [0, 0.05) is 19.3 Å². The molecular formula is C15H17FN6O. The molecule has 0 aliphatic heterocycles. The van der Waals surface area contributed by atoms with Crippen molar-refractivity contribution in [3.05, 3.63) is 52.5 Å². The second-order valence-corrected chi connectivity index (χ2v) is 5.24. The zero-order valence-electron chi connectivity index (χ0n) is 13.0. The first-order valence-electron chi connectivity index (χ1n) is 7.15. The molecule has 0 saturated heterocycles. The van der Waals surface area contributed by atoms with E-state index < -0.39 is 5.82 Å². The second kappa shape index (κ2) is 5.90. The van der Waals surface area contributed by atoms with Crippen molar-refractivity contribution in [1.82, 2.24) is 30.2 Å². The first kappa shape index (κ1) is 15.3. The van der Waals surface area contributed by atoms with E-state index in [1.54, 1.807) is 31.0 Å². The molecule has 3 aromatic rings. The Morgan fingerprint density at radius 1 is 1.30 bits per heavy atom. The van der Waals surface area contributed by atoms with Gasteiger partial charge in [0.05, 0.1) is 16.9 Å². The van der Waals surface area contributed by atoms with Crippen LogP contribution in [0.2, 0.25) is 0 Å². The molecule has 23 heavy (non-hydrogen) atoms. The van der Waals surface area contributed by atoms with E-state index >= 15 is 0 Å². The fourth-order valence-corrected chi connectivity index (χ4v) is 2.49. The van der Waals surface area contributed by atoms with Gasteiger partial charge < -0.3 is 0 Å². The van der Waals surface area contributed by atoms with Gasteiger partial charge in [-0.3, -0.25) is 14.9 Å². The van der Waals surface area contributed by atoms with E-state index in [0.717, 1.165) is 0 Å². The van der Waals surface area contributed by atoms with E-state index in [-0.39, 0.29) is 17.0 Å². The number of nitrogens with one attached hydrogen (secondary N) is 2. The summed E-state index contributed by atoms with van der Waals surface area (Å²) in [5.41, 5.74) is 5.93. The molecule has 0 spiro atoms. The minimum Gasteiger partial charge on any atom is -0.274 e. The molecule has 0 saturated carbocycles. The Morgan fingerprint density at radius 3 is 2.74 bits per heavy atom. The number of aryl methyl sites for hydroxylation is 1. The highest BCUT2D eigenvalue weighted by Gasteiger charge is 2.19. The lowest BCUT2D eigenvalue weighted by atomic mass is 10.2. The molecule has 7 nitrogen and oxygen atoms in total. The van der Waals surface area contributed by atoms with Gasteiger partial charge in [-0.1, -0.05) is 0 Å². The van der Waals surface area contributed by atoms with Crippen LogP contribution in [0.15, 0.2) is 35.3 Å². The lowest BCUT2D eigenvalue weighted by Crippen LogP contribution is -2.35. The number of benzene rings is 1. The number of halogens is 1. The second-order valence-electron chi connectivity index (χ2n) is 5.24. The summed E-state index contributed by atoms with van der Waals surface area (Å²) in [6.07, 6.45) is 1.73. The zero-order valence-corrected chi connectivity index (χ0v) is 13.0. The quantitative estimate of drug-likeness (QED) is 0.704. The van der Waals surface area contributed by atoms with Crippen LogP contribution >= 0.6 is 0 Å². The summed E-state index contributed by atoms with van der Waals surface area (Å²) < 4.78 is 16.5. The molecule has 2 heterocycles. The molecule has 3 rings (SSSR count). The Hall–Kier alpha value is -2.58. The summed E-state index contributed by atoms with van der Waals surface area (Å²) in [6.45, 7) is 1.87. The van der Waals surface area contributed by atoms with Gasteiger partial charge in [-0.25, -0.2) is 19.4 Å². The number of hydrogen-bond donors (Lipinski definition) is 2. The number of fused-ring (bicyclic) bond motifs is 1. The smallest absolute Gasteiger partial charge is 0.267 e. The van der Waals surface area contributed by atoms with Crippen LogP contribution in [-0.4, -0.2) is 26.4 Å². The number of nitrogens with zero attached hydrogens (tertiary/aromatic N) is 4. The molecule has 0 aliphatic carbocycles. The highest BCUT2D eigenvalue weighted by molar-refractivity contribution is 5.78. The molecular weight excluding hydrogens is 299 g/mol. The van der Waals surface area contributed by atoms with E-state index in [9.17, 15) is 9.18 Å². The van der Waals surface area contributed by atoms with E-state index in [1.807, 2.05) is 6.92 Å². The minimum atomic E-state index is -0.474. The van der Waals surface area contributed by atoms with Gasteiger partial charge in [-0.15, -0.1) is 0 Å². The van der Waals surface area contributed by atoms with Gasteiger partial charge in [0.25, 0.3) is 5.56 Å². The number of hydrogen-bond acceptors (Lipinski definition) is 5. The monoisotopic (exact) mass is 316 g/mol. The molecule has 8 heteroatoms. The largest absolute Gasteiger partial charge is 0.274 e. The molecule has 2 aromatic heterocycles. The standard InChI is InChI=1S/C15H17FN6O/c1-9(19-17-2)14-18-12-5-4-10(16)8-11(12)15(23)22(14)13-6-7-21(3)20-13/h4-9,17,19H,1-3H3/t9-/m0/s1. The molecule has 0 bridgehead atoms. The van der Waals surface area contributed by atoms with E-state index in [1.165, 1.54) is 22.8 Å². The van der Waals surface area contributed by atoms with Gasteiger partial charge in [0.1, 0.15) is 11.6 Å². The first-order valence-corrected chi connectivity index (χ1v) is 7.15. The fraction of sp³-hybridized carbons (Fsp3) is 0.267. The predicted octanol–water partition coefficient (Wildman–Crippen LogP) is 1.04. The van der Waals surface area contributed by atoms with Crippen molar-refractivity contribution in [3.8, 4) is 5.82 Å². The predicted molar refractivity (Wildman–Crippen MR) is 84.7 cm³/mol. The summed E-state index contributed by atoms with van der Waals surface area (Å²) in [5, 5.41) is 4.49. The molecule has 1 aromatic carbocycles. The normalized spacial score (nSPS) is 12.7.